The molecule has 0 radical (unpaired) electrons. The molecule has 17 heavy (non-hydrogen) atoms. The second-order valence-electron chi connectivity index (χ2n) is 4.47. The highest BCUT2D eigenvalue weighted by atomic mass is 15.3. The van der Waals surface area contributed by atoms with Crippen LogP contribution in [0.4, 0.5) is 0 Å². The Kier molecular flexibility index (Phi) is 2.64. The monoisotopic (exact) mass is 232 g/mol. The van der Waals surface area contributed by atoms with Crippen LogP contribution in [-0.4, -0.2) is 24.7 Å². The highest BCUT2D eigenvalue weighted by Crippen LogP contribution is 2.19. The van der Waals surface area contributed by atoms with Crippen LogP contribution in [0.1, 0.15) is 36.2 Å². The maximum Gasteiger partial charge on any atom is 0.150 e. The number of aromatic amines is 1. The van der Waals surface area contributed by atoms with Gasteiger partial charge >= 0.3 is 0 Å². The Morgan fingerprint density at radius 2 is 2.35 bits per heavy atom. The zero-order valence-corrected chi connectivity index (χ0v) is 9.63. The van der Waals surface area contributed by atoms with Gasteiger partial charge in [-0.05, 0) is 12.8 Å². The first-order valence-corrected chi connectivity index (χ1v) is 5.99. The molecule has 0 saturated heterocycles. The van der Waals surface area contributed by atoms with Crippen LogP contribution in [0.25, 0.3) is 0 Å². The quantitative estimate of drug-likeness (QED) is 0.810. The molecule has 6 heteroatoms. The summed E-state index contributed by atoms with van der Waals surface area (Å²) in [6, 6.07) is -0.116. The van der Waals surface area contributed by atoms with Gasteiger partial charge in [-0.15, -0.1) is 10.2 Å². The smallest absolute Gasteiger partial charge is 0.150 e. The molecule has 0 amide bonds. The lowest BCUT2D eigenvalue weighted by Crippen LogP contribution is -2.21. The van der Waals surface area contributed by atoms with Crippen molar-refractivity contribution < 1.29 is 0 Å². The largest absolute Gasteiger partial charge is 0.348 e. The lowest BCUT2D eigenvalue weighted by Gasteiger charge is -2.17. The molecule has 1 unspecified atom stereocenters. The van der Waals surface area contributed by atoms with E-state index in [4.69, 9.17) is 5.73 Å². The first-order chi connectivity index (χ1) is 8.34. The van der Waals surface area contributed by atoms with Crippen molar-refractivity contribution in [1.29, 1.82) is 0 Å². The molecule has 0 fully saturated rings. The fraction of sp³-hybridized carbons (Fsp3) is 0.545. The van der Waals surface area contributed by atoms with Gasteiger partial charge in [-0.1, -0.05) is 0 Å². The van der Waals surface area contributed by atoms with Gasteiger partial charge in [0, 0.05) is 31.3 Å². The van der Waals surface area contributed by atoms with Gasteiger partial charge in [0.15, 0.2) is 0 Å². The lowest BCUT2D eigenvalue weighted by molar-refractivity contribution is 0.488. The maximum absolute atomic E-state index is 6.18. The molecule has 2 aromatic rings. The summed E-state index contributed by atoms with van der Waals surface area (Å²) in [5.74, 6) is 1.97. The van der Waals surface area contributed by atoms with Gasteiger partial charge < -0.3 is 15.3 Å². The summed E-state index contributed by atoms with van der Waals surface area (Å²) in [5.41, 5.74) is 7.22. The van der Waals surface area contributed by atoms with Gasteiger partial charge in [-0.2, -0.15) is 0 Å². The molecule has 0 bridgehead atoms. The van der Waals surface area contributed by atoms with E-state index in [2.05, 4.69) is 24.7 Å². The molecule has 0 aromatic carbocycles. The van der Waals surface area contributed by atoms with E-state index < -0.39 is 0 Å². The summed E-state index contributed by atoms with van der Waals surface area (Å²) < 4.78 is 2.17. The number of aryl methyl sites for hydroxylation is 1. The topological polar surface area (TPSA) is 85.4 Å². The van der Waals surface area contributed by atoms with E-state index in [1.807, 2.05) is 0 Å². The Balaban J connectivity index is 1.81. The summed E-state index contributed by atoms with van der Waals surface area (Å²) in [5, 5.41) is 8.45. The number of aromatic nitrogens is 5. The van der Waals surface area contributed by atoms with Crippen LogP contribution in [0, 0.1) is 0 Å². The van der Waals surface area contributed by atoms with E-state index in [1.165, 1.54) is 12.8 Å². The van der Waals surface area contributed by atoms with Crippen LogP contribution in [-0.2, 0) is 19.4 Å². The molecule has 3 heterocycles. The molecule has 0 aliphatic carbocycles. The molecular formula is C11H16N6. The summed E-state index contributed by atoms with van der Waals surface area (Å²) in [4.78, 5) is 7.05. The van der Waals surface area contributed by atoms with E-state index in [1.54, 1.807) is 12.5 Å². The molecule has 90 valence electrons. The Labute approximate surface area is 99.3 Å². The van der Waals surface area contributed by atoms with Crippen molar-refractivity contribution in [2.45, 2.75) is 38.3 Å². The zero-order valence-electron chi connectivity index (χ0n) is 9.63. The predicted molar refractivity (Wildman–Crippen MR) is 62.2 cm³/mol. The number of H-pyrrole nitrogens is 1. The molecule has 0 spiro atoms. The Morgan fingerprint density at radius 1 is 1.41 bits per heavy atom. The van der Waals surface area contributed by atoms with Gasteiger partial charge in [-0.25, -0.2) is 4.98 Å². The van der Waals surface area contributed by atoms with Crippen molar-refractivity contribution in [2.24, 2.45) is 5.73 Å². The third-order valence-corrected chi connectivity index (χ3v) is 3.21. The second kappa shape index (κ2) is 4.29. The number of rotatable bonds is 3. The minimum atomic E-state index is -0.116. The number of nitrogens with one attached hydrogen (secondary N) is 1. The number of nitrogens with zero attached hydrogens (tertiary/aromatic N) is 4. The van der Waals surface area contributed by atoms with Crippen LogP contribution in [0.15, 0.2) is 12.5 Å². The average molecular weight is 232 g/mol. The molecule has 1 aliphatic heterocycles. The Bertz CT molecular complexity index is 486. The van der Waals surface area contributed by atoms with E-state index >= 15 is 0 Å². The van der Waals surface area contributed by atoms with Crippen molar-refractivity contribution in [3.63, 3.8) is 0 Å². The Morgan fingerprint density at radius 3 is 3.18 bits per heavy atom. The number of fused-ring (bicyclic) bond motifs is 1. The third kappa shape index (κ3) is 1.95. The maximum atomic E-state index is 6.18. The number of nitrogens with two attached hydrogens (primary N) is 1. The highest BCUT2D eigenvalue weighted by Gasteiger charge is 2.20. The summed E-state index contributed by atoms with van der Waals surface area (Å²) in [6.45, 7) is 0.994. The minimum absolute atomic E-state index is 0.116. The van der Waals surface area contributed by atoms with Crippen LogP contribution in [0.3, 0.4) is 0 Å². The fourth-order valence-electron chi connectivity index (χ4n) is 2.33. The standard InChI is InChI=1S/C11H16N6/c12-9(5-8-6-13-7-14-8)11-16-15-10-3-1-2-4-17(10)11/h6-7,9H,1-5,12H2,(H,13,14). The van der Waals surface area contributed by atoms with Gasteiger partial charge in [0.2, 0.25) is 0 Å². The first kappa shape index (κ1) is 10.5. The molecule has 0 saturated carbocycles. The van der Waals surface area contributed by atoms with Crippen molar-refractivity contribution >= 4 is 0 Å². The first-order valence-electron chi connectivity index (χ1n) is 5.99. The fourth-order valence-corrected chi connectivity index (χ4v) is 2.33. The van der Waals surface area contributed by atoms with E-state index in [0.29, 0.717) is 0 Å². The normalized spacial score (nSPS) is 16.8. The number of hydrogen-bond acceptors (Lipinski definition) is 4. The van der Waals surface area contributed by atoms with Crippen molar-refractivity contribution in [3.05, 3.63) is 29.9 Å². The van der Waals surface area contributed by atoms with Crippen LogP contribution in [0.5, 0.6) is 0 Å². The third-order valence-electron chi connectivity index (χ3n) is 3.21. The minimum Gasteiger partial charge on any atom is -0.348 e. The van der Waals surface area contributed by atoms with Crippen LogP contribution >= 0.6 is 0 Å². The average Bonchev–Trinajstić information content (AvgIpc) is 2.96. The molecule has 1 aliphatic rings. The molecule has 3 rings (SSSR count). The van der Waals surface area contributed by atoms with Crippen LogP contribution in [0.2, 0.25) is 0 Å². The van der Waals surface area contributed by atoms with E-state index in [-0.39, 0.29) is 6.04 Å². The molecular weight excluding hydrogens is 216 g/mol. The van der Waals surface area contributed by atoms with Gasteiger partial charge in [0.25, 0.3) is 0 Å². The van der Waals surface area contributed by atoms with Crippen LogP contribution < -0.4 is 5.73 Å². The summed E-state index contributed by atoms with van der Waals surface area (Å²) >= 11 is 0. The zero-order chi connectivity index (χ0) is 11.7. The van der Waals surface area contributed by atoms with Gasteiger partial charge in [-0.3, -0.25) is 0 Å². The van der Waals surface area contributed by atoms with E-state index in [0.717, 1.165) is 36.7 Å². The van der Waals surface area contributed by atoms with Gasteiger partial charge in [0.1, 0.15) is 11.6 Å². The van der Waals surface area contributed by atoms with Crippen molar-refractivity contribution in [1.82, 2.24) is 24.7 Å². The van der Waals surface area contributed by atoms with Crippen molar-refractivity contribution in [3.8, 4) is 0 Å². The second-order valence-corrected chi connectivity index (χ2v) is 4.47. The Hall–Kier alpha value is -1.69. The van der Waals surface area contributed by atoms with Gasteiger partial charge in [0.05, 0.1) is 12.4 Å². The summed E-state index contributed by atoms with van der Waals surface area (Å²) in [7, 11) is 0. The van der Waals surface area contributed by atoms with Crippen molar-refractivity contribution in [2.75, 3.05) is 0 Å². The molecule has 6 nitrogen and oxygen atoms in total. The number of imidazole rings is 1. The molecule has 2 aromatic heterocycles. The SMILES string of the molecule is NC(Cc1cnc[nH]1)c1nnc2n1CCCC2. The molecule has 3 N–H and O–H groups in total. The van der Waals surface area contributed by atoms with E-state index in [9.17, 15) is 0 Å². The predicted octanol–water partition coefficient (Wildman–Crippen LogP) is 0.580. The molecule has 1 atom stereocenters. The number of hydrogen-bond donors (Lipinski definition) is 2. The lowest BCUT2D eigenvalue weighted by atomic mass is 10.1. The highest BCUT2D eigenvalue weighted by molar-refractivity contribution is 5.07. The summed E-state index contributed by atoms with van der Waals surface area (Å²) in [6.07, 6.45) is 7.60.